The van der Waals surface area contributed by atoms with Crippen LogP contribution in [0.3, 0.4) is 0 Å². The fourth-order valence-corrected chi connectivity index (χ4v) is 4.95. The molecule has 6 nitrogen and oxygen atoms in total. The number of allylic oxidation sites excluding steroid dienone is 4. The number of carbonyl (C=O) groups excluding carboxylic acids is 1. The van der Waals surface area contributed by atoms with E-state index in [9.17, 15) is 13.6 Å². The second-order valence-corrected chi connectivity index (χ2v) is 9.22. The van der Waals surface area contributed by atoms with Crippen LogP contribution in [0.25, 0.3) is 11.0 Å². The number of alkyl halides is 1. The summed E-state index contributed by atoms with van der Waals surface area (Å²) in [6.07, 6.45) is 9.97. The molecule has 0 bridgehead atoms. The third-order valence-electron chi connectivity index (χ3n) is 6.96. The van der Waals surface area contributed by atoms with E-state index in [1.54, 1.807) is 6.08 Å². The van der Waals surface area contributed by atoms with Gasteiger partial charge in [-0.25, -0.2) is 13.8 Å². The highest BCUT2D eigenvalue weighted by atomic mass is 19.1. The minimum absolute atomic E-state index is 0.0510. The molecule has 2 aromatic heterocycles. The van der Waals surface area contributed by atoms with E-state index in [1.807, 2.05) is 17.3 Å². The van der Waals surface area contributed by atoms with Crippen molar-refractivity contribution in [3.8, 4) is 0 Å². The van der Waals surface area contributed by atoms with Crippen molar-refractivity contribution < 1.29 is 13.6 Å². The van der Waals surface area contributed by atoms with Gasteiger partial charge < -0.3 is 14.9 Å². The number of hydrogen-bond acceptors (Lipinski definition) is 4. The number of hydrogen-bond donors (Lipinski definition) is 1. The number of hydrazone groups is 1. The number of piperidine rings is 1. The molecule has 1 saturated heterocycles. The summed E-state index contributed by atoms with van der Waals surface area (Å²) in [6.45, 7) is 3.14. The monoisotopic (exact) mass is 453 g/mol. The molecule has 0 aromatic carbocycles. The lowest BCUT2D eigenvalue weighted by molar-refractivity contribution is -0.132. The molecule has 174 valence electrons. The van der Waals surface area contributed by atoms with Gasteiger partial charge in [-0.2, -0.15) is 5.10 Å². The van der Waals surface area contributed by atoms with E-state index in [1.165, 1.54) is 5.56 Å². The highest BCUT2D eigenvalue weighted by Gasteiger charge is 2.24. The first kappa shape index (κ1) is 21.8. The van der Waals surface area contributed by atoms with Crippen LogP contribution in [0.2, 0.25) is 0 Å². The van der Waals surface area contributed by atoms with Gasteiger partial charge >= 0.3 is 0 Å². The third-order valence-corrected chi connectivity index (χ3v) is 6.96. The predicted octanol–water partition coefficient (Wildman–Crippen LogP) is 4.25. The van der Waals surface area contributed by atoms with Crippen molar-refractivity contribution in [2.45, 2.75) is 50.7 Å². The Kier molecular flexibility index (Phi) is 6.24. The minimum Gasteiger partial charge on any atom is -0.343 e. The molecule has 1 amide bonds. The van der Waals surface area contributed by atoms with Gasteiger partial charge in [0.25, 0.3) is 0 Å². The number of nitrogens with zero attached hydrogens (tertiary/aromatic N) is 4. The molecule has 2 aromatic rings. The van der Waals surface area contributed by atoms with E-state index in [-0.39, 0.29) is 24.7 Å². The van der Waals surface area contributed by atoms with Crippen molar-refractivity contribution in [1.29, 1.82) is 0 Å². The Morgan fingerprint density at radius 1 is 1.27 bits per heavy atom. The number of fused-ring (bicyclic) bond motifs is 1. The summed E-state index contributed by atoms with van der Waals surface area (Å²) < 4.78 is 29.2. The van der Waals surface area contributed by atoms with Gasteiger partial charge in [0.2, 0.25) is 5.91 Å². The Bertz CT molecular complexity index is 1110. The number of rotatable bonds is 6. The lowest BCUT2D eigenvalue weighted by Gasteiger charge is -2.32. The van der Waals surface area contributed by atoms with Crippen LogP contribution in [0.1, 0.15) is 43.6 Å². The van der Waals surface area contributed by atoms with Crippen LogP contribution in [0, 0.1) is 5.92 Å². The van der Waals surface area contributed by atoms with Crippen molar-refractivity contribution in [1.82, 2.24) is 19.9 Å². The molecule has 1 N–H and O–H groups in total. The van der Waals surface area contributed by atoms with Gasteiger partial charge in [-0.1, -0.05) is 6.08 Å². The molecule has 2 aliphatic heterocycles. The van der Waals surface area contributed by atoms with Gasteiger partial charge in [-0.05, 0) is 54.5 Å². The average Bonchev–Trinajstić information content (AvgIpc) is 3.49. The lowest BCUT2D eigenvalue weighted by Crippen LogP contribution is -2.39. The maximum atomic E-state index is 13.8. The normalized spacial score (nSPS) is 23.5. The van der Waals surface area contributed by atoms with E-state index >= 15 is 0 Å². The molecule has 4 heterocycles. The number of pyridine rings is 1. The zero-order chi connectivity index (χ0) is 22.8. The SMILES string of the molecule is O=C(CCC1=CCC(F)C=C1F)N1CCC(Cn2ccc3cc(C4C=NNC4)cnc32)CC1. The summed E-state index contributed by atoms with van der Waals surface area (Å²) in [5, 5.41) is 5.23. The summed E-state index contributed by atoms with van der Waals surface area (Å²) in [6, 6.07) is 4.31. The average molecular weight is 454 g/mol. The summed E-state index contributed by atoms with van der Waals surface area (Å²) in [7, 11) is 0. The number of nitrogens with one attached hydrogen (secondary N) is 1. The van der Waals surface area contributed by atoms with E-state index < -0.39 is 12.0 Å². The number of halogens is 2. The van der Waals surface area contributed by atoms with Crippen molar-refractivity contribution >= 4 is 23.2 Å². The van der Waals surface area contributed by atoms with Crippen molar-refractivity contribution in [2.75, 3.05) is 19.6 Å². The smallest absolute Gasteiger partial charge is 0.222 e. The molecule has 33 heavy (non-hydrogen) atoms. The second-order valence-electron chi connectivity index (χ2n) is 9.22. The van der Waals surface area contributed by atoms with Gasteiger partial charge in [0, 0.05) is 68.9 Å². The number of amides is 1. The van der Waals surface area contributed by atoms with E-state index in [4.69, 9.17) is 4.98 Å². The first-order chi connectivity index (χ1) is 16.1. The number of aromatic nitrogens is 2. The largest absolute Gasteiger partial charge is 0.343 e. The Hall–Kier alpha value is -3.03. The zero-order valence-electron chi connectivity index (χ0n) is 18.6. The van der Waals surface area contributed by atoms with Crippen LogP contribution in [0.15, 0.2) is 53.2 Å². The van der Waals surface area contributed by atoms with E-state index in [0.29, 0.717) is 17.9 Å². The third kappa shape index (κ3) is 4.84. The van der Waals surface area contributed by atoms with Gasteiger partial charge in [-0.3, -0.25) is 4.79 Å². The summed E-state index contributed by atoms with van der Waals surface area (Å²) in [5.41, 5.74) is 5.61. The van der Waals surface area contributed by atoms with Crippen LogP contribution in [-0.4, -0.2) is 52.4 Å². The van der Waals surface area contributed by atoms with Gasteiger partial charge in [0.15, 0.2) is 0 Å². The first-order valence-electron chi connectivity index (χ1n) is 11.8. The number of likely N-dealkylation sites (tertiary alicyclic amines) is 1. The van der Waals surface area contributed by atoms with E-state index in [0.717, 1.165) is 56.1 Å². The van der Waals surface area contributed by atoms with Crippen LogP contribution < -0.4 is 5.43 Å². The predicted molar refractivity (Wildman–Crippen MR) is 124 cm³/mol. The zero-order valence-corrected chi connectivity index (χ0v) is 18.6. The topological polar surface area (TPSA) is 62.5 Å². The maximum Gasteiger partial charge on any atom is 0.222 e. The van der Waals surface area contributed by atoms with Gasteiger partial charge in [-0.15, -0.1) is 0 Å². The summed E-state index contributed by atoms with van der Waals surface area (Å²) in [5.74, 6) is 0.290. The summed E-state index contributed by atoms with van der Waals surface area (Å²) >= 11 is 0. The van der Waals surface area contributed by atoms with Crippen LogP contribution in [0.5, 0.6) is 0 Å². The van der Waals surface area contributed by atoms with Crippen molar-refractivity contribution in [3.63, 3.8) is 0 Å². The van der Waals surface area contributed by atoms with Crippen LogP contribution in [0.4, 0.5) is 8.78 Å². The molecule has 0 saturated carbocycles. The van der Waals surface area contributed by atoms with Crippen LogP contribution >= 0.6 is 0 Å². The molecule has 1 fully saturated rings. The van der Waals surface area contributed by atoms with Crippen molar-refractivity contribution in [3.05, 3.63) is 53.6 Å². The van der Waals surface area contributed by atoms with Crippen molar-refractivity contribution in [2.24, 2.45) is 11.0 Å². The molecular weight excluding hydrogens is 424 g/mol. The second kappa shape index (κ2) is 9.45. The highest BCUT2D eigenvalue weighted by molar-refractivity contribution is 5.79. The molecule has 0 spiro atoms. The lowest BCUT2D eigenvalue weighted by atomic mass is 9.95. The molecular formula is C25H29F2N5O. The number of carbonyl (C=O) groups is 1. The van der Waals surface area contributed by atoms with E-state index in [2.05, 4.69) is 33.4 Å². The Morgan fingerprint density at radius 2 is 2.12 bits per heavy atom. The minimum atomic E-state index is -1.25. The standard InChI is InChI=1S/C25H29F2N5O/c26-22-3-1-18(23(27)12-22)2-4-24(33)31-8-5-17(6-9-31)16-32-10-7-19-11-20(13-28-25(19)32)21-14-29-30-15-21/h1,7,10-14,17,21-22,30H,2-6,8-9,15-16H2. The molecule has 1 aliphatic carbocycles. The maximum absolute atomic E-state index is 13.8. The fourth-order valence-electron chi connectivity index (χ4n) is 4.95. The molecule has 2 atom stereocenters. The Morgan fingerprint density at radius 3 is 2.88 bits per heavy atom. The molecule has 3 aliphatic rings. The molecule has 5 rings (SSSR count). The highest BCUT2D eigenvalue weighted by Crippen LogP contribution is 2.27. The first-order valence-corrected chi connectivity index (χ1v) is 11.8. The summed E-state index contributed by atoms with van der Waals surface area (Å²) in [4.78, 5) is 19.2. The Balaban J connectivity index is 1.12. The quantitative estimate of drug-likeness (QED) is 0.711. The fraction of sp³-hybridized carbons (Fsp3) is 0.480. The molecule has 2 unspecified atom stereocenters. The van der Waals surface area contributed by atoms with Crippen LogP contribution in [-0.2, 0) is 11.3 Å². The van der Waals surface area contributed by atoms with Gasteiger partial charge in [0.1, 0.15) is 17.6 Å². The molecule has 8 heteroatoms. The Labute approximate surface area is 192 Å². The molecule has 0 radical (unpaired) electrons. The van der Waals surface area contributed by atoms with Gasteiger partial charge in [0.05, 0.1) is 0 Å².